The lowest BCUT2D eigenvalue weighted by atomic mass is 10.1. The van der Waals surface area contributed by atoms with Crippen molar-refractivity contribution in [1.82, 2.24) is 0 Å². The van der Waals surface area contributed by atoms with Crippen LogP contribution >= 0.6 is 0 Å². The fourth-order valence-corrected chi connectivity index (χ4v) is 1.49. The van der Waals surface area contributed by atoms with E-state index in [4.69, 9.17) is 9.47 Å². The first-order valence-corrected chi connectivity index (χ1v) is 5.56. The topological polar surface area (TPSA) is 35.5 Å². The third kappa shape index (κ3) is 3.26. The summed E-state index contributed by atoms with van der Waals surface area (Å²) in [4.78, 5) is 12.0. The number of Topliss-reactive ketones (excluding diaryl/α,β-unsaturated/α-hetero) is 1. The molecule has 0 aliphatic carbocycles. The maximum atomic E-state index is 12.0. The van der Waals surface area contributed by atoms with Gasteiger partial charge in [-0.05, 0) is 38.8 Å². The number of rotatable bonds is 5. The van der Waals surface area contributed by atoms with Crippen molar-refractivity contribution < 1.29 is 14.3 Å². The molecule has 3 nitrogen and oxygen atoms in total. The Hall–Kier alpha value is -1.51. The predicted molar refractivity (Wildman–Crippen MR) is 62.8 cm³/mol. The number of ketones is 1. The summed E-state index contributed by atoms with van der Waals surface area (Å²) in [6, 6.07) is 0. The molecule has 88 valence electrons. The van der Waals surface area contributed by atoms with Gasteiger partial charge in [0.05, 0.1) is 12.7 Å². The first-order valence-electron chi connectivity index (χ1n) is 5.56. The average Bonchev–Trinajstić information content (AvgIpc) is 2.28. The highest BCUT2D eigenvalue weighted by molar-refractivity contribution is 6.05. The number of allylic oxidation sites excluding steroid dienone is 3. The molecule has 1 aliphatic rings. The lowest BCUT2D eigenvalue weighted by Gasteiger charge is -2.21. The Bertz CT molecular complexity index is 326. The van der Waals surface area contributed by atoms with Gasteiger partial charge < -0.3 is 9.47 Å². The molecule has 1 heterocycles. The molecule has 0 aromatic heterocycles. The third-order valence-electron chi connectivity index (χ3n) is 2.25. The molecular formula is C13H18O3. The molecule has 0 aromatic carbocycles. The van der Waals surface area contributed by atoms with Crippen LogP contribution in [0, 0.1) is 0 Å². The Morgan fingerprint density at radius 1 is 1.75 bits per heavy atom. The first kappa shape index (κ1) is 12.6. The van der Waals surface area contributed by atoms with Crippen LogP contribution in [0.2, 0.25) is 0 Å². The van der Waals surface area contributed by atoms with Gasteiger partial charge in [-0.15, -0.1) is 0 Å². The highest BCUT2D eigenvalue weighted by Gasteiger charge is 2.22. The largest absolute Gasteiger partial charge is 0.490 e. The molecule has 0 saturated heterocycles. The molecule has 16 heavy (non-hydrogen) atoms. The van der Waals surface area contributed by atoms with Gasteiger partial charge in [0.1, 0.15) is 0 Å². The zero-order valence-corrected chi connectivity index (χ0v) is 9.86. The van der Waals surface area contributed by atoms with E-state index in [0.29, 0.717) is 12.4 Å². The molecule has 1 aliphatic heterocycles. The molecule has 0 amide bonds. The summed E-state index contributed by atoms with van der Waals surface area (Å²) in [5.74, 6) is 0.478. The van der Waals surface area contributed by atoms with Gasteiger partial charge in [0, 0.05) is 0 Å². The number of carbonyl (C=O) groups is 1. The molecule has 3 heteroatoms. The molecule has 0 spiro atoms. The van der Waals surface area contributed by atoms with Gasteiger partial charge in [-0.25, -0.2) is 0 Å². The summed E-state index contributed by atoms with van der Waals surface area (Å²) in [5.41, 5.74) is 0. The van der Waals surface area contributed by atoms with E-state index in [1.807, 2.05) is 19.9 Å². The summed E-state index contributed by atoms with van der Waals surface area (Å²) in [6.45, 7) is 7.80. The zero-order valence-electron chi connectivity index (χ0n) is 9.86. The van der Waals surface area contributed by atoms with Gasteiger partial charge in [-0.2, -0.15) is 0 Å². The minimum Gasteiger partial charge on any atom is -0.490 e. The van der Waals surface area contributed by atoms with E-state index in [0.717, 1.165) is 12.8 Å². The quantitative estimate of drug-likeness (QED) is 0.407. The Labute approximate surface area is 96.4 Å². The smallest absolute Gasteiger partial charge is 0.261 e. The molecule has 0 saturated carbocycles. The van der Waals surface area contributed by atoms with E-state index in [-0.39, 0.29) is 17.6 Å². The van der Waals surface area contributed by atoms with Crippen LogP contribution < -0.4 is 0 Å². The molecular weight excluding hydrogens is 204 g/mol. The molecule has 0 bridgehead atoms. The fraction of sp³-hybridized carbons (Fsp3) is 0.462. The highest BCUT2D eigenvalue weighted by atomic mass is 16.5. The van der Waals surface area contributed by atoms with Crippen molar-refractivity contribution in [3.8, 4) is 0 Å². The molecule has 0 N–H and O–H groups in total. The van der Waals surface area contributed by atoms with Crippen molar-refractivity contribution in [1.29, 1.82) is 0 Å². The van der Waals surface area contributed by atoms with Crippen LogP contribution in [0.3, 0.4) is 0 Å². The number of carbonyl (C=O) groups excluding carboxylic acids is 1. The molecule has 0 aromatic rings. The second-order valence-corrected chi connectivity index (χ2v) is 3.60. The van der Waals surface area contributed by atoms with Crippen molar-refractivity contribution in [2.45, 2.75) is 32.8 Å². The third-order valence-corrected chi connectivity index (χ3v) is 2.25. The normalized spacial score (nSPS) is 20.8. The average molecular weight is 222 g/mol. The van der Waals surface area contributed by atoms with Crippen LogP contribution in [0.15, 0.2) is 36.3 Å². The van der Waals surface area contributed by atoms with Crippen LogP contribution in [0.4, 0.5) is 0 Å². The van der Waals surface area contributed by atoms with E-state index in [2.05, 4.69) is 6.58 Å². The summed E-state index contributed by atoms with van der Waals surface area (Å²) in [6.07, 6.45) is 6.83. The van der Waals surface area contributed by atoms with Crippen LogP contribution in [-0.4, -0.2) is 18.5 Å². The Morgan fingerprint density at radius 2 is 2.50 bits per heavy atom. The number of hydrogen-bond acceptors (Lipinski definition) is 3. The van der Waals surface area contributed by atoms with E-state index in [1.54, 1.807) is 6.08 Å². The summed E-state index contributed by atoms with van der Waals surface area (Å²) >= 11 is 0. The van der Waals surface area contributed by atoms with Gasteiger partial charge in [0.25, 0.3) is 5.78 Å². The summed E-state index contributed by atoms with van der Waals surface area (Å²) in [7, 11) is 0. The van der Waals surface area contributed by atoms with Crippen molar-refractivity contribution >= 4 is 5.78 Å². The standard InChI is InChI=1S/C13H18O3/c1-4-7-11(15-5-2)13(14)12-9-6-8-10(3)16-12/h4,7,9-10H,1,5-6,8H2,2-3H3/b11-7+. The number of ether oxygens (including phenoxy) is 2. The van der Waals surface area contributed by atoms with Gasteiger partial charge in [-0.1, -0.05) is 12.7 Å². The predicted octanol–water partition coefficient (Wildman–Crippen LogP) is 2.74. The van der Waals surface area contributed by atoms with Crippen LogP contribution in [-0.2, 0) is 14.3 Å². The second kappa shape index (κ2) is 6.16. The lowest BCUT2D eigenvalue weighted by molar-refractivity contribution is -0.120. The summed E-state index contributed by atoms with van der Waals surface area (Å²) in [5, 5.41) is 0. The van der Waals surface area contributed by atoms with Crippen molar-refractivity contribution in [2.24, 2.45) is 0 Å². The fourth-order valence-electron chi connectivity index (χ4n) is 1.49. The minimum atomic E-state index is -0.201. The summed E-state index contributed by atoms with van der Waals surface area (Å²) < 4.78 is 10.7. The highest BCUT2D eigenvalue weighted by Crippen LogP contribution is 2.20. The monoisotopic (exact) mass is 222 g/mol. The Balaban J connectivity index is 2.78. The Morgan fingerprint density at radius 3 is 3.06 bits per heavy atom. The van der Waals surface area contributed by atoms with Crippen LogP contribution in [0.5, 0.6) is 0 Å². The molecule has 0 fully saturated rings. The van der Waals surface area contributed by atoms with Crippen LogP contribution in [0.25, 0.3) is 0 Å². The second-order valence-electron chi connectivity index (χ2n) is 3.60. The SMILES string of the molecule is C=C/C=C(/OCC)C(=O)C1=CCCC(C)O1. The van der Waals surface area contributed by atoms with Crippen molar-refractivity contribution in [3.63, 3.8) is 0 Å². The zero-order chi connectivity index (χ0) is 12.0. The molecule has 1 rings (SSSR count). The van der Waals surface area contributed by atoms with Gasteiger partial charge in [0.2, 0.25) is 0 Å². The van der Waals surface area contributed by atoms with Gasteiger partial charge in [0.15, 0.2) is 11.5 Å². The minimum absolute atomic E-state index is 0.0931. The molecule has 1 unspecified atom stereocenters. The van der Waals surface area contributed by atoms with Gasteiger partial charge in [-0.3, -0.25) is 4.79 Å². The number of hydrogen-bond donors (Lipinski definition) is 0. The van der Waals surface area contributed by atoms with Gasteiger partial charge >= 0.3 is 0 Å². The molecule has 1 atom stereocenters. The lowest BCUT2D eigenvalue weighted by Crippen LogP contribution is -2.19. The maximum Gasteiger partial charge on any atom is 0.261 e. The Kier molecular flexibility index (Phi) is 4.83. The van der Waals surface area contributed by atoms with E-state index in [1.165, 1.54) is 6.08 Å². The molecule has 0 radical (unpaired) electrons. The van der Waals surface area contributed by atoms with E-state index >= 15 is 0 Å². The van der Waals surface area contributed by atoms with E-state index in [9.17, 15) is 4.79 Å². The van der Waals surface area contributed by atoms with Crippen molar-refractivity contribution in [2.75, 3.05) is 6.61 Å². The van der Waals surface area contributed by atoms with E-state index < -0.39 is 0 Å². The van der Waals surface area contributed by atoms with Crippen LogP contribution in [0.1, 0.15) is 26.7 Å². The first-order chi connectivity index (χ1) is 7.69. The maximum absolute atomic E-state index is 12.0. The van der Waals surface area contributed by atoms with Crippen molar-refractivity contribution in [3.05, 3.63) is 36.3 Å².